The molecule has 1 aliphatic heterocycles. The highest BCUT2D eigenvalue weighted by Gasteiger charge is 2.38. The van der Waals surface area contributed by atoms with Crippen LogP contribution in [0.5, 0.6) is 0 Å². The molecule has 28 heavy (non-hydrogen) atoms. The zero-order chi connectivity index (χ0) is 19.7. The summed E-state index contributed by atoms with van der Waals surface area (Å²) in [5.74, 6) is -0.338. The maximum absolute atomic E-state index is 13.2. The Kier molecular flexibility index (Phi) is 4.70. The number of carbonyl (C=O) groups is 2. The van der Waals surface area contributed by atoms with Gasteiger partial charge in [0.05, 0.1) is 0 Å². The monoisotopic (exact) mass is 370 g/mol. The summed E-state index contributed by atoms with van der Waals surface area (Å²) in [6.45, 7) is 4.05. The predicted molar refractivity (Wildman–Crippen MR) is 112 cm³/mol. The van der Waals surface area contributed by atoms with Gasteiger partial charge in [0, 0.05) is 23.4 Å². The third-order valence-corrected chi connectivity index (χ3v) is 5.29. The minimum absolute atomic E-state index is 0.161. The van der Waals surface area contributed by atoms with Gasteiger partial charge in [-0.25, -0.2) is 0 Å². The maximum Gasteiger partial charge on any atom is 0.259 e. The third kappa shape index (κ3) is 3.29. The summed E-state index contributed by atoms with van der Waals surface area (Å²) in [6, 6.07) is 22.1. The number of amides is 2. The standard InChI is InChI=1S/C24H22N2O2/c1-16-12-13-20(14-17(16)2)25-23(27)22-15-19-10-6-7-11-21(19)26(22)24(28)18-8-4-3-5-9-18/h3-14,22H,15H2,1-2H3,(H,25,27)/t22-/m0/s1. The van der Waals surface area contributed by atoms with Crippen molar-refractivity contribution in [3.05, 3.63) is 95.1 Å². The van der Waals surface area contributed by atoms with Crippen molar-refractivity contribution in [3.8, 4) is 0 Å². The average molecular weight is 370 g/mol. The number of anilines is 2. The molecule has 1 aliphatic rings. The van der Waals surface area contributed by atoms with Gasteiger partial charge in [-0.3, -0.25) is 14.5 Å². The Morgan fingerprint density at radius 1 is 0.893 bits per heavy atom. The lowest BCUT2D eigenvalue weighted by Crippen LogP contribution is -2.45. The zero-order valence-electron chi connectivity index (χ0n) is 16.0. The number of benzene rings is 3. The molecule has 0 bridgehead atoms. The highest BCUT2D eigenvalue weighted by molar-refractivity contribution is 6.13. The number of carbonyl (C=O) groups excluding carboxylic acids is 2. The molecule has 0 unspecified atom stereocenters. The van der Waals surface area contributed by atoms with E-state index in [-0.39, 0.29) is 11.8 Å². The minimum Gasteiger partial charge on any atom is -0.324 e. The van der Waals surface area contributed by atoms with E-state index in [1.807, 2.05) is 74.5 Å². The van der Waals surface area contributed by atoms with E-state index >= 15 is 0 Å². The van der Waals surface area contributed by atoms with Crippen LogP contribution in [0.15, 0.2) is 72.8 Å². The molecule has 0 saturated heterocycles. The van der Waals surface area contributed by atoms with Crippen LogP contribution in [0.4, 0.5) is 11.4 Å². The number of nitrogens with one attached hydrogen (secondary N) is 1. The normalized spacial score (nSPS) is 15.2. The fourth-order valence-electron chi connectivity index (χ4n) is 3.61. The van der Waals surface area contributed by atoms with E-state index in [9.17, 15) is 9.59 Å². The van der Waals surface area contributed by atoms with Crippen LogP contribution in [0.2, 0.25) is 0 Å². The first-order chi connectivity index (χ1) is 13.5. The van der Waals surface area contributed by atoms with Crippen LogP contribution < -0.4 is 10.2 Å². The molecule has 1 heterocycles. The van der Waals surface area contributed by atoms with E-state index in [1.165, 1.54) is 5.56 Å². The van der Waals surface area contributed by atoms with E-state index in [0.717, 1.165) is 22.5 Å². The second kappa shape index (κ2) is 7.31. The molecule has 4 heteroatoms. The summed E-state index contributed by atoms with van der Waals surface area (Å²) in [4.78, 5) is 28.0. The van der Waals surface area contributed by atoms with Crippen LogP contribution in [0.25, 0.3) is 0 Å². The first kappa shape index (κ1) is 18.0. The summed E-state index contributed by atoms with van der Waals surface area (Å²) in [7, 11) is 0. The molecular formula is C24H22N2O2. The molecule has 3 aromatic carbocycles. The van der Waals surface area contributed by atoms with E-state index in [4.69, 9.17) is 0 Å². The van der Waals surface area contributed by atoms with Gasteiger partial charge in [-0.1, -0.05) is 42.5 Å². The quantitative estimate of drug-likeness (QED) is 0.737. The molecule has 4 rings (SSSR count). The molecule has 0 aliphatic carbocycles. The van der Waals surface area contributed by atoms with Crippen molar-refractivity contribution < 1.29 is 9.59 Å². The summed E-state index contributed by atoms with van der Waals surface area (Å²) in [5, 5.41) is 2.99. The number of rotatable bonds is 3. The summed E-state index contributed by atoms with van der Waals surface area (Å²) >= 11 is 0. The molecule has 3 aromatic rings. The van der Waals surface area contributed by atoms with Gasteiger partial charge in [-0.05, 0) is 60.9 Å². The molecule has 0 saturated carbocycles. The lowest BCUT2D eigenvalue weighted by molar-refractivity contribution is -0.117. The fraction of sp³-hybridized carbons (Fsp3) is 0.167. The first-order valence-corrected chi connectivity index (χ1v) is 9.39. The van der Waals surface area contributed by atoms with Gasteiger partial charge in [-0.15, -0.1) is 0 Å². The lowest BCUT2D eigenvalue weighted by atomic mass is 10.1. The second-order valence-electron chi connectivity index (χ2n) is 7.18. The van der Waals surface area contributed by atoms with Gasteiger partial charge in [0.2, 0.25) is 5.91 Å². The molecule has 140 valence electrons. The van der Waals surface area contributed by atoms with Crippen molar-refractivity contribution in [1.29, 1.82) is 0 Å². The molecule has 2 amide bonds. The van der Waals surface area contributed by atoms with Gasteiger partial charge in [0.15, 0.2) is 0 Å². The van der Waals surface area contributed by atoms with Crippen LogP contribution >= 0.6 is 0 Å². The number of nitrogens with zero attached hydrogens (tertiary/aromatic N) is 1. The van der Waals surface area contributed by atoms with Gasteiger partial charge in [-0.2, -0.15) is 0 Å². The van der Waals surface area contributed by atoms with E-state index in [0.29, 0.717) is 12.0 Å². The Morgan fingerprint density at radius 2 is 1.61 bits per heavy atom. The summed E-state index contributed by atoms with van der Waals surface area (Å²) in [5.41, 5.74) is 5.42. The fourth-order valence-corrected chi connectivity index (χ4v) is 3.61. The predicted octanol–water partition coefficient (Wildman–Crippen LogP) is 4.51. The van der Waals surface area contributed by atoms with Crippen molar-refractivity contribution in [2.24, 2.45) is 0 Å². The van der Waals surface area contributed by atoms with Crippen LogP contribution in [0, 0.1) is 13.8 Å². The van der Waals surface area contributed by atoms with Crippen molar-refractivity contribution in [2.75, 3.05) is 10.2 Å². The minimum atomic E-state index is -0.577. The Labute approximate surface area is 164 Å². The van der Waals surface area contributed by atoms with Gasteiger partial charge in [0.25, 0.3) is 5.91 Å². The third-order valence-electron chi connectivity index (χ3n) is 5.29. The van der Waals surface area contributed by atoms with Crippen LogP contribution in [-0.2, 0) is 11.2 Å². The van der Waals surface area contributed by atoms with Crippen molar-refractivity contribution >= 4 is 23.2 Å². The summed E-state index contributed by atoms with van der Waals surface area (Å²) < 4.78 is 0. The van der Waals surface area contributed by atoms with E-state index in [2.05, 4.69) is 5.32 Å². The largest absolute Gasteiger partial charge is 0.324 e. The smallest absolute Gasteiger partial charge is 0.259 e. The molecule has 1 atom stereocenters. The average Bonchev–Trinajstić information content (AvgIpc) is 3.10. The maximum atomic E-state index is 13.2. The van der Waals surface area contributed by atoms with Gasteiger partial charge in [0.1, 0.15) is 6.04 Å². The number of aryl methyl sites for hydroxylation is 2. The number of hydrogen-bond acceptors (Lipinski definition) is 2. The molecule has 0 fully saturated rings. The number of para-hydroxylation sites is 1. The highest BCUT2D eigenvalue weighted by Crippen LogP contribution is 2.34. The molecule has 0 aromatic heterocycles. The van der Waals surface area contributed by atoms with Crippen LogP contribution in [0.1, 0.15) is 27.0 Å². The number of fused-ring (bicyclic) bond motifs is 1. The second-order valence-corrected chi connectivity index (χ2v) is 7.18. The Hall–Kier alpha value is -3.40. The topological polar surface area (TPSA) is 49.4 Å². The van der Waals surface area contributed by atoms with E-state index in [1.54, 1.807) is 17.0 Å². The Morgan fingerprint density at radius 3 is 2.36 bits per heavy atom. The number of hydrogen-bond donors (Lipinski definition) is 1. The van der Waals surface area contributed by atoms with Crippen molar-refractivity contribution in [2.45, 2.75) is 26.3 Å². The lowest BCUT2D eigenvalue weighted by Gasteiger charge is -2.25. The molecular weight excluding hydrogens is 348 g/mol. The van der Waals surface area contributed by atoms with Gasteiger partial charge >= 0.3 is 0 Å². The van der Waals surface area contributed by atoms with Crippen molar-refractivity contribution in [3.63, 3.8) is 0 Å². The van der Waals surface area contributed by atoms with Crippen LogP contribution in [0.3, 0.4) is 0 Å². The van der Waals surface area contributed by atoms with Gasteiger partial charge < -0.3 is 5.32 Å². The molecule has 1 N–H and O–H groups in total. The van der Waals surface area contributed by atoms with E-state index < -0.39 is 6.04 Å². The Bertz CT molecular complexity index is 1040. The first-order valence-electron chi connectivity index (χ1n) is 9.39. The molecule has 4 nitrogen and oxygen atoms in total. The van der Waals surface area contributed by atoms with Crippen LogP contribution in [-0.4, -0.2) is 17.9 Å². The highest BCUT2D eigenvalue weighted by atomic mass is 16.2. The molecule has 0 radical (unpaired) electrons. The van der Waals surface area contributed by atoms with Crippen molar-refractivity contribution in [1.82, 2.24) is 0 Å². The molecule has 0 spiro atoms. The zero-order valence-corrected chi connectivity index (χ0v) is 16.0. The summed E-state index contributed by atoms with van der Waals surface area (Å²) in [6.07, 6.45) is 0.505. The Balaban J connectivity index is 1.66. The SMILES string of the molecule is Cc1ccc(NC(=O)[C@@H]2Cc3ccccc3N2C(=O)c2ccccc2)cc1C.